The molecule has 2 atom stereocenters. The number of rotatable bonds is 6. The predicted molar refractivity (Wildman–Crippen MR) is 74.6 cm³/mol. The third-order valence-electron chi connectivity index (χ3n) is 3.36. The molecule has 0 saturated heterocycles. The third kappa shape index (κ3) is 3.31. The molecule has 112 valence electrons. The fourth-order valence-corrected chi connectivity index (χ4v) is 1.89. The van der Waals surface area contributed by atoms with Gasteiger partial charge >= 0.3 is 5.97 Å². The van der Waals surface area contributed by atoms with Crippen LogP contribution in [0.2, 0.25) is 0 Å². The Hall–Kier alpha value is -2.57. The summed E-state index contributed by atoms with van der Waals surface area (Å²) >= 11 is 0. The number of nitrogens with one attached hydrogen (secondary N) is 2. The van der Waals surface area contributed by atoms with Crippen LogP contribution in [-0.2, 0) is 4.79 Å². The van der Waals surface area contributed by atoms with Crippen molar-refractivity contribution in [3.63, 3.8) is 0 Å². The van der Waals surface area contributed by atoms with E-state index in [0.717, 1.165) is 0 Å². The highest BCUT2D eigenvalue weighted by Gasteiger charge is 2.26. The number of hydrogen-bond donors (Lipinski definition) is 3. The van der Waals surface area contributed by atoms with Gasteiger partial charge in [-0.2, -0.15) is 5.10 Å². The van der Waals surface area contributed by atoms with E-state index in [0.29, 0.717) is 17.9 Å². The minimum Gasteiger partial charge on any atom is -0.480 e. The number of aromatic amines is 1. The number of carboxylic acid groups (broad SMARTS) is 1. The van der Waals surface area contributed by atoms with Crippen molar-refractivity contribution in [2.24, 2.45) is 5.92 Å². The highest BCUT2D eigenvalue weighted by molar-refractivity contribution is 5.95. The van der Waals surface area contributed by atoms with Crippen LogP contribution in [0.4, 0.5) is 0 Å². The van der Waals surface area contributed by atoms with Crippen molar-refractivity contribution in [3.8, 4) is 11.5 Å². The van der Waals surface area contributed by atoms with Crippen LogP contribution >= 0.6 is 0 Å². The SMILES string of the molecule is CCC(C)C(NC(=O)c1cc(-c2ccco2)[nH]n1)C(=O)O. The predicted octanol–water partition coefficient (Wildman–Crippen LogP) is 1.90. The lowest BCUT2D eigenvalue weighted by molar-refractivity contribution is -0.140. The van der Waals surface area contributed by atoms with Crippen LogP contribution in [0.5, 0.6) is 0 Å². The lowest BCUT2D eigenvalue weighted by Gasteiger charge is -2.19. The Morgan fingerprint density at radius 3 is 2.86 bits per heavy atom. The number of hydrogen-bond acceptors (Lipinski definition) is 4. The zero-order chi connectivity index (χ0) is 15.4. The summed E-state index contributed by atoms with van der Waals surface area (Å²) in [6.07, 6.45) is 2.16. The van der Waals surface area contributed by atoms with Crippen LogP contribution in [0, 0.1) is 5.92 Å². The van der Waals surface area contributed by atoms with Gasteiger partial charge in [-0.25, -0.2) is 4.79 Å². The molecule has 3 N–H and O–H groups in total. The first-order valence-electron chi connectivity index (χ1n) is 6.65. The van der Waals surface area contributed by atoms with Gasteiger partial charge in [-0.15, -0.1) is 0 Å². The largest absolute Gasteiger partial charge is 0.480 e. The summed E-state index contributed by atoms with van der Waals surface area (Å²) in [6, 6.07) is 4.03. The van der Waals surface area contributed by atoms with Crippen LogP contribution in [0.3, 0.4) is 0 Å². The molecule has 0 aromatic carbocycles. The Morgan fingerprint density at radius 1 is 1.52 bits per heavy atom. The molecule has 7 nitrogen and oxygen atoms in total. The number of carbonyl (C=O) groups excluding carboxylic acids is 1. The second-order valence-corrected chi connectivity index (χ2v) is 4.82. The molecule has 0 aliphatic heterocycles. The van der Waals surface area contributed by atoms with E-state index in [1.165, 1.54) is 12.3 Å². The molecule has 0 aliphatic rings. The molecule has 2 unspecified atom stereocenters. The standard InChI is InChI=1S/C14H17N3O4/c1-3-8(2)12(14(19)20)15-13(18)10-7-9(16-17-10)11-5-4-6-21-11/h4-8,12H,3H2,1-2H3,(H,15,18)(H,16,17)(H,19,20). The molecule has 2 heterocycles. The first-order valence-corrected chi connectivity index (χ1v) is 6.65. The maximum atomic E-state index is 12.1. The van der Waals surface area contributed by atoms with Crippen molar-refractivity contribution in [3.05, 3.63) is 30.2 Å². The number of H-pyrrole nitrogens is 1. The molecule has 0 spiro atoms. The van der Waals surface area contributed by atoms with E-state index in [9.17, 15) is 9.59 Å². The maximum absolute atomic E-state index is 12.1. The average molecular weight is 291 g/mol. The fraction of sp³-hybridized carbons (Fsp3) is 0.357. The molecule has 1 amide bonds. The molecule has 2 aromatic heterocycles. The number of nitrogens with zero attached hydrogens (tertiary/aromatic N) is 1. The first kappa shape index (κ1) is 14.8. The van der Waals surface area contributed by atoms with E-state index in [4.69, 9.17) is 9.52 Å². The summed E-state index contributed by atoms with van der Waals surface area (Å²) < 4.78 is 5.19. The van der Waals surface area contributed by atoms with Gasteiger partial charge in [-0.05, 0) is 18.1 Å². The number of amides is 1. The Kier molecular flexibility index (Phi) is 4.42. The van der Waals surface area contributed by atoms with Gasteiger partial charge < -0.3 is 14.8 Å². The number of furan rings is 1. The number of aromatic nitrogens is 2. The summed E-state index contributed by atoms with van der Waals surface area (Å²) in [5, 5.41) is 18.2. The summed E-state index contributed by atoms with van der Waals surface area (Å²) in [5.41, 5.74) is 0.677. The molecule has 21 heavy (non-hydrogen) atoms. The van der Waals surface area contributed by atoms with E-state index in [1.54, 1.807) is 19.1 Å². The smallest absolute Gasteiger partial charge is 0.326 e. The quantitative estimate of drug-likeness (QED) is 0.753. The molecule has 0 fully saturated rings. The second-order valence-electron chi connectivity index (χ2n) is 4.82. The first-order chi connectivity index (χ1) is 10.0. The van der Waals surface area contributed by atoms with Gasteiger partial charge in [0.25, 0.3) is 5.91 Å². The van der Waals surface area contributed by atoms with Crippen molar-refractivity contribution in [2.45, 2.75) is 26.3 Å². The lowest BCUT2D eigenvalue weighted by atomic mass is 9.99. The van der Waals surface area contributed by atoms with Crippen molar-refractivity contribution in [2.75, 3.05) is 0 Å². The van der Waals surface area contributed by atoms with Crippen LogP contribution in [0.1, 0.15) is 30.8 Å². The topological polar surface area (TPSA) is 108 Å². The molecular weight excluding hydrogens is 274 g/mol. The van der Waals surface area contributed by atoms with E-state index in [-0.39, 0.29) is 11.6 Å². The fourth-order valence-electron chi connectivity index (χ4n) is 1.89. The average Bonchev–Trinajstić information content (AvgIpc) is 3.12. The van der Waals surface area contributed by atoms with Gasteiger partial charge in [0.05, 0.1) is 6.26 Å². The van der Waals surface area contributed by atoms with Crippen molar-refractivity contribution >= 4 is 11.9 Å². The molecule has 0 aliphatic carbocycles. The number of carbonyl (C=O) groups is 2. The van der Waals surface area contributed by atoms with E-state index in [1.807, 2.05) is 6.92 Å². The minimum absolute atomic E-state index is 0.121. The van der Waals surface area contributed by atoms with Gasteiger partial charge in [0.15, 0.2) is 11.5 Å². The van der Waals surface area contributed by atoms with Gasteiger partial charge in [0, 0.05) is 6.07 Å². The highest BCUT2D eigenvalue weighted by atomic mass is 16.4. The Balaban J connectivity index is 2.11. The van der Waals surface area contributed by atoms with Crippen molar-refractivity contribution in [1.29, 1.82) is 0 Å². The Morgan fingerprint density at radius 2 is 2.29 bits per heavy atom. The van der Waals surface area contributed by atoms with Crippen LogP contribution in [0.15, 0.2) is 28.9 Å². The van der Waals surface area contributed by atoms with E-state index in [2.05, 4.69) is 15.5 Å². The highest BCUT2D eigenvalue weighted by Crippen LogP contribution is 2.18. The molecule has 0 radical (unpaired) electrons. The van der Waals surface area contributed by atoms with Crippen LogP contribution < -0.4 is 5.32 Å². The number of carboxylic acids is 1. The van der Waals surface area contributed by atoms with Gasteiger partial charge in [-0.3, -0.25) is 9.89 Å². The second kappa shape index (κ2) is 6.25. The monoisotopic (exact) mass is 291 g/mol. The normalized spacial score (nSPS) is 13.6. The maximum Gasteiger partial charge on any atom is 0.326 e. The van der Waals surface area contributed by atoms with Gasteiger partial charge in [0.1, 0.15) is 11.7 Å². The van der Waals surface area contributed by atoms with Crippen molar-refractivity contribution < 1.29 is 19.1 Å². The van der Waals surface area contributed by atoms with Crippen molar-refractivity contribution in [1.82, 2.24) is 15.5 Å². The molecule has 0 bridgehead atoms. The number of aliphatic carboxylic acids is 1. The molecule has 0 saturated carbocycles. The molecule has 2 aromatic rings. The summed E-state index contributed by atoms with van der Waals surface area (Å²) in [4.78, 5) is 23.3. The summed E-state index contributed by atoms with van der Waals surface area (Å²) in [6.45, 7) is 3.65. The van der Waals surface area contributed by atoms with Gasteiger partial charge in [-0.1, -0.05) is 20.3 Å². The molecule has 7 heteroatoms. The minimum atomic E-state index is -1.06. The van der Waals surface area contributed by atoms with Crippen LogP contribution in [-0.4, -0.2) is 33.2 Å². The van der Waals surface area contributed by atoms with E-state index < -0.39 is 17.9 Å². The molecular formula is C14H17N3O4. The summed E-state index contributed by atoms with van der Waals surface area (Å²) in [7, 11) is 0. The zero-order valence-corrected chi connectivity index (χ0v) is 11.8. The van der Waals surface area contributed by atoms with E-state index >= 15 is 0 Å². The third-order valence-corrected chi connectivity index (χ3v) is 3.36. The lowest BCUT2D eigenvalue weighted by Crippen LogP contribution is -2.45. The summed E-state index contributed by atoms with van der Waals surface area (Å²) in [5.74, 6) is -1.20. The zero-order valence-electron chi connectivity index (χ0n) is 11.8. The Bertz CT molecular complexity index is 618. The van der Waals surface area contributed by atoms with Gasteiger partial charge in [0.2, 0.25) is 0 Å². The molecule has 2 rings (SSSR count). The Labute approximate surface area is 121 Å². The van der Waals surface area contributed by atoms with Crippen LogP contribution in [0.25, 0.3) is 11.5 Å².